The lowest BCUT2D eigenvalue weighted by molar-refractivity contribution is 0.0917. The van der Waals surface area contributed by atoms with Gasteiger partial charge >= 0.3 is 0 Å². The molecule has 2 heterocycles. The van der Waals surface area contributed by atoms with Crippen molar-refractivity contribution in [2.75, 3.05) is 6.61 Å². The van der Waals surface area contributed by atoms with Gasteiger partial charge in [-0.25, -0.2) is 9.37 Å². The van der Waals surface area contributed by atoms with Crippen LogP contribution in [0.25, 0.3) is 22.2 Å². The van der Waals surface area contributed by atoms with E-state index in [1.807, 2.05) is 30.3 Å². The van der Waals surface area contributed by atoms with Crippen molar-refractivity contribution in [1.29, 1.82) is 0 Å². The number of halogens is 1. The zero-order valence-electron chi connectivity index (χ0n) is 15.4. The number of aromatic nitrogens is 2. The van der Waals surface area contributed by atoms with Gasteiger partial charge in [0.15, 0.2) is 0 Å². The van der Waals surface area contributed by atoms with Crippen LogP contribution in [0.2, 0.25) is 0 Å². The van der Waals surface area contributed by atoms with Gasteiger partial charge in [0, 0.05) is 29.4 Å². The molecule has 0 aliphatic heterocycles. The highest BCUT2D eigenvalue weighted by Crippen LogP contribution is 2.26. The fourth-order valence-electron chi connectivity index (χ4n) is 3.20. The number of pyridine rings is 2. The van der Waals surface area contributed by atoms with Gasteiger partial charge < -0.3 is 10.4 Å². The van der Waals surface area contributed by atoms with Gasteiger partial charge in [0.05, 0.1) is 29.4 Å². The summed E-state index contributed by atoms with van der Waals surface area (Å²) in [7, 11) is 0. The summed E-state index contributed by atoms with van der Waals surface area (Å²) in [5.74, 6) is -0.811. The number of rotatable bonds is 5. The molecule has 1 unspecified atom stereocenters. The van der Waals surface area contributed by atoms with Gasteiger partial charge in [-0.15, -0.1) is 0 Å². The van der Waals surface area contributed by atoms with Gasteiger partial charge in [0.1, 0.15) is 5.82 Å². The summed E-state index contributed by atoms with van der Waals surface area (Å²) in [6.07, 6.45) is 3.22. The fourth-order valence-corrected chi connectivity index (χ4v) is 3.20. The Morgan fingerprint density at radius 2 is 1.90 bits per heavy atom. The Balaban J connectivity index is 1.78. The average Bonchev–Trinajstić information content (AvgIpc) is 2.77. The quantitative estimate of drug-likeness (QED) is 0.545. The highest BCUT2D eigenvalue weighted by Gasteiger charge is 2.19. The molecule has 144 valence electrons. The molecule has 0 aliphatic rings. The number of nitrogens with zero attached hydrogens (tertiary/aromatic N) is 2. The average molecular weight is 387 g/mol. The Hall–Kier alpha value is -3.64. The van der Waals surface area contributed by atoms with Crippen molar-refractivity contribution in [2.45, 2.75) is 6.04 Å². The second kappa shape index (κ2) is 8.16. The largest absolute Gasteiger partial charge is 0.394 e. The first-order valence-corrected chi connectivity index (χ1v) is 9.13. The lowest BCUT2D eigenvalue weighted by atomic mass is 10.0. The molecule has 2 aromatic carbocycles. The predicted octanol–water partition coefficient (Wildman–Crippen LogP) is 3.90. The number of benzene rings is 2. The molecule has 2 aromatic heterocycles. The van der Waals surface area contributed by atoms with E-state index in [-0.39, 0.29) is 12.5 Å². The van der Waals surface area contributed by atoms with Crippen molar-refractivity contribution < 1.29 is 14.3 Å². The Morgan fingerprint density at radius 3 is 2.62 bits per heavy atom. The molecule has 1 amide bonds. The summed E-state index contributed by atoms with van der Waals surface area (Å²) in [5, 5.41) is 13.1. The van der Waals surface area contributed by atoms with Gasteiger partial charge in [-0.1, -0.05) is 36.4 Å². The molecular formula is C23H18FN3O2. The molecule has 29 heavy (non-hydrogen) atoms. The van der Waals surface area contributed by atoms with Crippen molar-refractivity contribution in [1.82, 2.24) is 15.3 Å². The summed E-state index contributed by atoms with van der Waals surface area (Å²) in [5.41, 5.74) is 2.82. The molecule has 0 fully saturated rings. The van der Waals surface area contributed by atoms with Crippen LogP contribution < -0.4 is 5.32 Å². The number of aliphatic hydroxyl groups is 1. The van der Waals surface area contributed by atoms with E-state index in [2.05, 4.69) is 15.3 Å². The van der Waals surface area contributed by atoms with Gasteiger partial charge in [0.25, 0.3) is 5.91 Å². The van der Waals surface area contributed by atoms with E-state index in [1.54, 1.807) is 36.7 Å². The molecule has 4 rings (SSSR count). The Labute approximate surface area is 166 Å². The topological polar surface area (TPSA) is 75.1 Å². The Morgan fingerprint density at radius 1 is 1.07 bits per heavy atom. The lowest BCUT2D eigenvalue weighted by Crippen LogP contribution is -2.31. The van der Waals surface area contributed by atoms with E-state index < -0.39 is 11.9 Å². The zero-order valence-corrected chi connectivity index (χ0v) is 15.4. The normalized spacial score (nSPS) is 11.9. The molecule has 0 spiro atoms. The second-order valence-electron chi connectivity index (χ2n) is 6.58. The Kier molecular flexibility index (Phi) is 5.27. The summed E-state index contributed by atoms with van der Waals surface area (Å²) < 4.78 is 13.8. The first-order chi connectivity index (χ1) is 14.2. The third-order valence-corrected chi connectivity index (χ3v) is 4.66. The predicted molar refractivity (Wildman–Crippen MR) is 109 cm³/mol. The van der Waals surface area contributed by atoms with Crippen molar-refractivity contribution in [3.63, 3.8) is 0 Å². The molecular weight excluding hydrogens is 369 g/mol. The number of carbonyl (C=O) groups excluding carboxylic acids is 1. The van der Waals surface area contributed by atoms with Gasteiger partial charge in [-0.2, -0.15) is 0 Å². The summed E-state index contributed by atoms with van der Waals surface area (Å²) in [6, 6.07) is 18.1. The van der Waals surface area contributed by atoms with Crippen LogP contribution in [0.5, 0.6) is 0 Å². The molecule has 6 heteroatoms. The smallest absolute Gasteiger partial charge is 0.252 e. The van der Waals surface area contributed by atoms with Crippen molar-refractivity contribution >= 4 is 16.8 Å². The summed E-state index contributed by atoms with van der Waals surface area (Å²) in [4.78, 5) is 21.7. The fraction of sp³-hybridized carbons (Fsp3) is 0.0870. The minimum absolute atomic E-state index is 0.277. The van der Waals surface area contributed by atoms with Crippen molar-refractivity contribution in [2.24, 2.45) is 0 Å². The van der Waals surface area contributed by atoms with Crippen LogP contribution in [0.3, 0.4) is 0 Å². The molecule has 1 atom stereocenters. The first-order valence-electron chi connectivity index (χ1n) is 9.13. The maximum atomic E-state index is 13.8. The molecule has 0 bridgehead atoms. The number of nitrogens with one attached hydrogen (secondary N) is 1. The van der Waals surface area contributed by atoms with E-state index in [4.69, 9.17) is 0 Å². The van der Waals surface area contributed by atoms with Crippen LogP contribution in [0, 0.1) is 5.82 Å². The first kappa shape index (κ1) is 18.7. The van der Waals surface area contributed by atoms with Crippen molar-refractivity contribution in [3.05, 3.63) is 96.1 Å². The van der Waals surface area contributed by atoms with E-state index in [0.29, 0.717) is 27.7 Å². The van der Waals surface area contributed by atoms with Crippen molar-refractivity contribution in [3.8, 4) is 11.3 Å². The molecule has 0 aliphatic carbocycles. The third-order valence-electron chi connectivity index (χ3n) is 4.66. The zero-order chi connectivity index (χ0) is 20.2. The number of carbonyl (C=O) groups is 1. The van der Waals surface area contributed by atoms with Gasteiger partial charge in [-0.3, -0.25) is 9.78 Å². The van der Waals surface area contributed by atoms with Gasteiger partial charge in [-0.05, 0) is 29.8 Å². The summed E-state index contributed by atoms with van der Waals surface area (Å²) in [6.45, 7) is -0.277. The number of aliphatic hydroxyl groups excluding tert-OH is 1. The second-order valence-corrected chi connectivity index (χ2v) is 6.58. The standard InChI is InChI=1S/C23H18FN3O2/c24-17-8-9-18-19(23(29)27-22(14-28)16-7-4-10-25-13-16)12-20(26-21(18)11-17)15-5-2-1-3-6-15/h1-13,22,28H,14H2,(H,27,29). The maximum Gasteiger partial charge on any atom is 0.252 e. The number of hydrogen-bond donors (Lipinski definition) is 2. The van der Waals surface area contributed by atoms with Gasteiger partial charge in [0.2, 0.25) is 0 Å². The Bertz CT molecular complexity index is 1150. The van der Waals surface area contributed by atoms with E-state index in [9.17, 15) is 14.3 Å². The number of fused-ring (bicyclic) bond motifs is 1. The highest BCUT2D eigenvalue weighted by atomic mass is 19.1. The van der Waals surface area contributed by atoms with E-state index in [0.717, 1.165) is 5.56 Å². The van der Waals surface area contributed by atoms with E-state index in [1.165, 1.54) is 12.1 Å². The SMILES string of the molecule is O=C(NC(CO)c1cccnc1)c1cc(-c2ccccc2)nc2cc(F)ccc12. The highest BCUT2D eigenvalue weighted by molar-refractivity contribution is 6.07. The van der Waals surface area contributed by atoms with Crippen LogP contribution in [0.15, 0.2) is 79.1 Å². The van der Waals surface area contributed by atoms with Crippen LogP contribution in [-0.2, 0) is 0 Å². The third kappa shape index (κ3) is 3.97. The summed E-state index contributed by atoms with van der Waals surface area (Å²) >= 11 is 0. The minimum atomic E-state index is -0.611. The van der Waals surface area contributed by atoms with Crippen LogP contribution in [-0.4, -0.2) is 27.6 Å². The molecule has 0 saturated carbocycles. The minimum Gasteiger partial charge on any atom is -0.394 e. The monoisotopic (exact) mass is 387 g/mol. The number of amides is 1. The maximum absolute atomic E-state index is 13.8. The van der Waals surface area contributed by atoms with Crippen LogP contribution in [0.1, 0.15) is 22.0 Å². The molecule has 4 aromatic rings. The molecule has 5 nitrogen and oxygen atoms in total. The molecule has 0 radical (unpaired) electrons. The lowest BCUT2D eigenvalue weighted by Gasteiger charge is -2.17. The van der Waals surface area contributed by atoms with Crippen LogP contribution >= 0.6 is 0 Å². The molecule has 2 N–H and O–H groups in total. The van der Waals surface area contributed by atoms with Crippen LogP contribution in [0.4, 0.5) is 4.39 Å². The number of hydrogen-bond acceptors (Lipinski definition) is 4. The van der Waals surface area contributed by atoms with E-state index >= 15 is 0 Å². The molecule has 0 saturated heterocycles.